The first-order valence-corrected chi connectivity index (χ1v) is 9.43. The summed E-state index contributed by atoms with van der Waals surface area (Å²) in [6.45, 7) is 4.84. The van der Waals surface area contributed by atoms with Gasteiger partial charge in [0.1, 0.15) is 5.75 Å². The third-order valence-corrected chi connectivity index (χ3v) is 4.48. The van der Waals surface area contributed by atoms with Gasteiger partial charge in [0.05, 0.1) is 18.8 Å². The predicted molar refractivity (Wildman–Crippen MR) is 115 cm³/mol. The van der Waals surface area contributed by atoms with Crippen LogP contribution >= 0.6 is 0 Å². The van der Waals surface area contributed by atoms with Gasteiger partial charge in [-0.15, -0.1) is 0 Å². The summed E-state index contributed by atoms with van der Waals surface area (Å²) in [5, 5.41) is 12.6. The Morgan fingerprint density at radius 2 is 1.93 bits per heavy atom. The minimum absolute atomic E-state index is 0.00832. The molecule has 0 saturated heterocycles. The molecule has 0 aliphatic rings. The van der Waals surface area contributed by atoms with Crippen molar-refractivity contribution in [3.05, 3.63) is 53.6 Å². The van der Waals surface area contributed by atoms with Gasteiger partial charge in [0.25, 0.3) is 0 Å². The minimum atomic E-state index is 0.00832. The molecule has 1 amide bonds. The van der Waals surface area contributed by atoms with E-state index in [0.29, 0.717) is 12.0 Å². The van der Waals surface area contributed by atoms with E-state index in [0.717, 1.165) is 41.2 Å². The summed E-state index contributed by atoms with van der Waals surface area (Å²) in [6, 6.07) is 15.5. The molecule has 0 saturated carbocycles. The Balaban J connectivity index is 2.34. The Bertz CT molecular complexity index is 880. The number of carbonyl (C=O) groups is 1. The average molecular weight is 377 g/mol. The number of nitriles is 1. The summed E-state index contributed by atoms with van der Waals surface area (Å²) in [5.74, 6) is 0.762. The highest BCUT2D eigenvalue weighted by Crippen LogP contribution is 2.31. The normalized spacial score (nSPS) is 10.9. The topological polar surface area (TPSA) is 65.4 Å². The second-order valence-electron chi connectivity index (χ2n) is 6.49. The monoisotopic (exact) mass is 377 g/mol. The summed E-state index contributed by atoms with van der Waals surface area (Å²) in [4.78, 5) is 13.8. The lowest BCUT2D eigenvalue weighted by atomic mass is 10.0. The molecule has 1 N–H and O–H groups in total. The minimum Gasteiger partial charge on any atom is -0.497 e. The number of methoxy groups -OCH3 is 1. The van der Waals surface area contributed by atoms with Gasteiger partial charge in [-0.25, -0.2) is 0 Å². The second kappa shape index (κ2) is 10.2. The maximum Gasteiger partial charge on any atom is 0.224 e. The Morgan fingerprint density at radius 1 is 1.21 bits per heavy atom. The van der Waals surface area contributed by atoms with Gasteiger partial charge in [0.2, 0.25) is 5.91 Å². The summed E-state index contributed by atoms with van der Waals surface area (Å²) in [7, 11) is 3.62. The van der Waals surface area contributed by atoms with Gasteiger partial charge in [0.15, 0.2) is 0 Å². The highest BCUT2D eigenvalue weighted by atomic mass is 16.5. The number of allylic oxidation sites excluding steroid dienone is 1. The Kier molecular flexibility index (Phi) is 7.65. The van der Waals surface area contributed by atoms with Gasteiger partial charge in [-0.05, 0) is 49.2 Å². The molecule has 146 valence electrons. The zero-order valence-electron chi connectivity index (χ0n) is 17.0. The van der Waals surface area contributed by atoms with E-state index in [1.165, 1.54) is 0 Å². The van der Waals surface area contributed by atoms with Crippen molar-refractivity contribution in [2.45, 2.75) is 26.7 Å². The standard InChI is InChI=1S/C23H27N3O2/c1-5-7-23(27)25-19-10-8-17(9-11-19)14-18(16-24)21-13-12-20(28-4)15-22(21)26(3)6-2/h8-15H,5-7H2,1-4H3,(H,25,27)/b18-14+. The number of hydrogen-bond acceptors (Lipinski definition) is 4. The number of carbonyl (C=O) groups excluding carboxylic acids is 1. The van der Waals surface area contributed by atoms with Crippen molar-refractivity contribution in [3.8, 4) is 11.8 Å². The number of hydrogen-bond donors (Lipinski definition) is 1. The van der Waals surface area contributed by atoms with Crippen LogP contribution in [0.3, 0.4) is 0 Å². The fourth-order valence-electron chi connectivity index (χ4n) is 2.80. The lowest BCUT2D eigenvalue weighted by molar-refractivity contribution is -0.116. The number of nitrogens with one attached hydrogen (secondary N) is 1. The third kappa shape index (κ3) is 5.37. The van der Waals surface area contributed by atoms with Crippen molar-refractivity contribution in [2.75, 3.05) is 30.9 Å². The number of anilines is 2. The van der Waals surface area contributed by atoms with Crippen molar-refractivity contribution in [1.82, 2.24) is 0 Å². The fraction of sp³-hybridized carbons (Fsp3) is 0.304. The van der Waals surface area contributed by atoms with Crippen LogP contribution in [0.4, 0.5) is 11.4 Å². The molecule has 0 radical (unpaired) electrons. The maximum atomic E-state index is 11.7. The first-order valence-electron chi connectivity index (χ1n) is 9.43. The molecule has 0 atom stereocenters. The highest BCUT2D eigenvalue weighted by Gasteiger charge is 2.12. The quantitative estimate of drug-likeness (QED) is 0.522. The number of amides is 1. The average Bonchev–Trinajstić information content (AvgIpc) is 2.72. The maximum absolute atomic E-state index is 11.7. The number of benzene rings is 2. The molecule has 0 aliphatic carbocycles. The summed E-state index contributed by atoms with van der Waals surface area (Å²) in [5.41, 5.74) is 4.02. The molecule has 5 heteroatoms. The molecule has 28 heavy (non-hydrogen) atoms. The summed E-state index contributed by atoms with van der Waals surface area (Å²) in [6.07, 6.45) is 3.17. The SMILES string of the molecule is CCCC(=O)Nc1ccc(/C=C(\C#N)c2ccc(OC)cc2N(C)CC)cc1. The molecule has 0 heterocycles. The van der Waals surface area contributed by atoms with Crippen LogP contribution in [0.25, 0.3) is 11.6 Å². The molecule has 0 spiro atoms. The van der Waals surface area contributed by atoms with Crippen LogP contribution in [0.2, 0.25) is 0 Å². The molecule has 2 rings (SSSR count). The molecular weight excluding hydrogens is 350 g/mol. The zero-order chi connectivity index (χ0) is 20.5. The Morgan fingerprint density at radius 3 is 2.50 bits per heavy atom. The van der Waals surface area contributed by atoms with Crippen LogP contribution in [-0.4, -0.2) is 26.6 Å². The van der Waals surface area contributed by atoms with E-state index >= 15 is 0 Å². The zero-order valence-corrected chi connectivity index (χ0v) is 17.0. The molecular formula is C23H27N3O2. The number of nitrogens with zero attached hydrogens (tertiary/aromatic N) is 2. The molecule has 2 aromatic carbocycles. The van der Waals surface area contributed by atoms with Crippen LogP contribution < -0.4 is 15.0 Å². The number of ether oxygens (including phenoxy) is 1. The molecule has 0 aromatic heterocycles. The van der Waals surface area contributed by atoms with Crippen molar-refractivity contribution in [3.63, 3.8) is 0 Å². The van der Waals surface area contributed by atoms with Gasteiger partial charge in [-0.2, -0.15) is 5.26 Å². The smallest absolute Gasteiger partial charge is 0.224 e. The van der Waals surface area contributed by atoms with Crippen LogP contribution in [0, 0.1) is 11.3 Å². The van der Waals surface area contributed by atoms with E-state index in [9.17, 15) is 10.1 Å². The summed E-state index contributed by atoms with van der Waals surface area (Å²) < 4.78 is 5.33. The second-order valence-corrected chi connectivity index (χ2v) is 6.49. The van der Waals surface area contributed by atoms with Gasteiger partial charge < -0.3 is 15.0 Å². The molecule has 2 aromatic rings. The van der Waals surface area contributed by atoms with Crippen molar-refractivity contribution < 1.29 is 9.53 Å². The molecule has 0 bridgehead atoms. The van der Waals surface area contributed by atoms with Gasteiger partial charge in [0, 0.05) is 43.0 Å². The summed E-state index contributed by atoms with van der Waals surface area (Å²) >= 11 is 0. The molecule has 0 aliphatic heterocycles. The Hall–Kier alpha value is -3.26. The van der Waals surface area contributed by atoms with Crippen molar-refractivity contribution in [2.24, 2.45) is 0 Å². The van der Waals surface area contributed by atoms with E-state index in [1.54, 1.807) is 7.11 Å². The van der Waals surface area contributed by atoms with Gasteiger partial charge in [-0.3, -0.25) is 4.79 Å². The first kappa shape index (κ1) is 21.0. The molecule has 5 nitrogen and oxygen atoms in total. The van der Waals surface area contributed by atoms with Gasteiger partial charge >= 0.3 is 0 Å². The van der Waals surface area contributed by atoms with Crippen molar-refractivity contribution >= 4 is 28.9 Å². The van der Waals surface area contributed by atoms with E-state index in [-0.39, 0.29) is 5.91 Å². The first-order chi connectivity index (χ1) is 13.5. The van der Waals surface area contributed by atoms with E-state index in [1.807, 2.05) is 62.5 Å². The van der Waals surface area contributed by atoms with Crippen molar-refractivity contribution in [1.29, 1.82) is 5.26 Å². The lowest BCUT2D eigenvalue weighted by Crippen LogP contribution is -2.17. The fourth-order valence-corrected chi connectivity index (χ4v) is 2.80. The third-order valence-electron chi connectivity index (χ3n) is 4.48. The lowest BCUT2D eigenvalue weighted by Gasteiger charge is -2.21. The van der Waals surface area contributed by atoms with E-state index in [2.05, 4.69) is 23.2 Å². The predicted octanol–water partition coefficient (Wildman–Crippen LogP) is 4.95. The van der Waals surface area contributed by atoms with Crippen LogP contribution in [0.5, 0.6) is 5.75 Å². The largest absolute Gasteiger partial charge is 0.497 e. The van der Waals surface area contributed by atoms with Crippen LogP contribution in [0.15, 0.2) is 42.5 Å². The van der Waals surface area contributed by atoms with Crippen LogP contribution in [-0.2, 0) is 4.79 Å². The number of rotatable bonds is 8. The van der Waals surface area contributed by atoms with Crippen LogP contribution in [0.1, 0.15) is 37.8 Å². The Labute approximate surface area is 167 Å². The molecule has 0 fully saturated rings. The van der Waals surface area contributed by atoms with Gasteiger partial charge in [-0.1, -0.05) is 19.1 Å². The molecule has 0 unspecified atom stereocenters. The highest BCUT2D eigenvalue weighted by molar-refractivity contribution is 5.95. The van der Waals surface area contributed by atoms with E-state index < -0.39 is 0 Å². The van der Waals surface area contributed by atoms with E-state index in [4.69, 9.17) is 4.74 Å².